The Morgan fingerprint density at radius 1 is 1.07 bits per heavy atom. The fourth-order valence-electron chi connectivity index (χ4n) is 2.37. The van der Waals surface area contributed by atoms with Crippen LogP contribution in [0.3, 0.4) is 0 Å². The first kappa shape index (κ1) is 20.3. The predicted octanol–water partition coefficient (Wildman–Crippen LogP) is 3.62. The van der Waals surface area contributed by atoms with Crippen molar-refractivity contribution in [3.63, 3.8) is 0 Å². The molecule has 0 aliphatic heterocycles. The van der Waals surface area contributed by atoms with Gasteiger partial charge in [0.1, 0.15) is 5.75 Å². The summed E-state index contributed by atoms with van der Waals surface area (Å²) < 4.78 is 5.79. The number of ether oxygens (including phenoxy) is 1. The maximum atomic E-state index is 12.2. The zero-order chi connectivity index (χ0) is 19.8. The van der Waals surface area contributed by atoms with Crippen molar-refractivity contribution in [3.05, 3.63) is 54.1 Å². The SMILES string of the molecule is CCC(C)Oc1cccc(NCC(=O)Nc2cccc(C(=O)N(C)C)c2)c1. The lowest BCUT2D eigenvalue weighted by atomic mass is 10.2. The van der Waals surface area contributed by atoms with Crippen LogP contribution in [0.1, 0.15) is 30.6 Å². The minimum atomic E-state index is -0.197. The Hall–Kier alpha value is -3.02. The Labute approximate surface area is 160 Å². The smallest absolute Gasteiger partial charge is 0.253 e. The van der Waals surface area contributed by atoms with Crippen LogP contribution in [0.25, 0.3) is 0 Å². The molecule has 0 aromatic heterocycles. The van der Waals surface area contributed by atoms with Crippen LogP contribution < -0.4 is 15.4 Å². The number of nitrogens with one attached hydrogen (secondary N) is 2. The number of hydrogen-bond acceptors (Lipinski definition) is 4. The van der Waals surface area contributed by atoms with Gasteiger partial charge in [-0.2, -0.15) is 0 Å². The molecule has 2 aromatic carbocycles. The molecule has 6 heteroatoms. The Morgan fingerprint density at radius 3 is 2.48 bits per heavy atom. The number of amides is 2. The van der Waals surface area contributed by atoms with Gasteiger partial charge in [-0.3, -0.25) is 9.59 Å². The summed E-state index contributed by atoms with van der Waals surface area (Å²) in [4.78, 5) is 25.7. The number of carbonyl (C=O) groups is 2. The van der Waals surface area contributed by atoms with E-state index in [1.54, 1.807) is 38.4 Å². The summed E-state index contributed by atoms with van der Waals surface area (Å²) in [7, 11) is 3.38. The summed E-state index contributed by atoms with van der Waals surface area (Å²) >= 11 is 0. The number of nitrogens with zero attached hydrogens (tertiary/aromatic N) is 1. The topological polar surface area (TPSA) is 70.7 Å². The molecule has 0 saturated carbocycles. The molecule has 0 aliphatic rings. The van der Waals surface area contributed by atoms with E-state index >= 15 is 0 Å². The highest BCUT2D eigenvalue weighted by Crippen LogP contribution is 2.19. The Morgan fingerprint density at radius 2 is 1.78 bits per heavy atom. The summed E-state index contributed by atoms with van der Waals surface area (Å²) in [5, 5.41) is 5.88. The molecule has 27 heavy (non-hydrogen) atoms. The third kappa shape index (κ3) is 6.33. The second-order valence-corrected chi connectivity index (χ2v) is 6.55. The molecular weight excluding hydrogens is 342 g/mol. The van der Waals surface area contributed by atoms with E-state index in [0.29, 0.717) is 11.3 Å². The van der Waals surface area contributed by atoms with Gasteiger partial charge in [0.15, 0.2) is 0 Å². The van der Waals surface area contributed by atoms with Gasteiger partial charge in [0, 0.05) is 37.1 Å². The third-order valence-corrected chi connectivity index (χ3v) is 4.00. The van der Waals surface area contributed by atoms with E-state index in [1.807, 2.05) is 31.2 Å². The lowest BCUT2D eigenvalue weighted by Gasteiger charge is -2.14. The maximum absolute atomic E-state index is 12.2. The van der Waals surface area contributed by atoms with Crippen LogP contribution in [0.2, 0.25) is 0 Å². The van der Waals surface area contributed by atoms with Gasteiger partial charge >= 0.3 is 0 Å². The van der Waals surface area contributed by atoms with E-state index in [2.05, 4.69) is 17.6 Å². The van der Waals surface area contributed by atoms with Crippen molar-refractivity contribution in [2.24, 2.45) is 0 Å². The quantitative estimate of drug-likeness (QED) is 0.746. The van der Waals surface area contributed by atoms with Crippen LogP contribution in [0, 0.1) is 0 Å². The molecular formula is C21H27N3O3. The van der Waals surface area contributed by atoms with E-state index in [1.165, 1.54) is 4.90 Å². The summed E-state index contributed by atoms with van der Waals surface area (Å²) in [6.45, 7) is 4.19. The van der Waals surface area contributed by atoms with Gasteiger partial charge in [-0.15, -0.1) is 0 Å². The van der Waals surface area contributed by atoms with Crippen LogP contribution in [0.15, 0.2) is 48.5 Å². The highest BCUT2D eigenvalue weighted by molar-refractivity contribution is 5.97. The van der Waals surface area contributed by atoms with Gasteiger partial charge in [0.05, 0.1) is 12.6 Å². The molecule has 6 nitrogen and oxygen atoms in total. The van der Waals surface area contributed by atoms with Crippen LogP contribution in [0.4, 0.5) is 11.4 Å². The van der Waals surface area contributed by atoms with E-state index in [4.69, 9.17) is 4.74 Å². The summed E-state index contributed by atoms with van der Waals surface area (Å²) in [6.07, 6.45) is 1.07. The largest absolute Gasteiger partial charge is 0.491 e. The molecule has 0 heterocycles. The van der Waals surface area contributed by atoms with Gasteiger partial charge in [0.25, 0.3) is 5.91 Å². The molecule has 1 unspecified atom stereocenters. The Kier molecular flexibility index (Phi) is 7.23. The zero-order valence-electron chi connectivity index (χ0n) is 16.3. The third-order valence-electron chi connectivity index (χ3n) is 4.00. The summed E-state index contributed by atoms with van der Waals surface area (Å²) in [5.74, 6) is 0.463. The van der Waals surface area contributed by atoms with Gasteiger partial charge in [-0.05, 0) is 43.7 Å². The molecule has 0 fully saturated rings. The molecule has 1 atom stereocenters. The maximum Gasteiger partial charge on any atom is 0.253 e. The highest BCUT2D eigenvalue weighted by atomic mass is 16.5. The molecule has 2 rings (SSSR count). The van der Waals surface area contributed by atoms with Crippen LogP contribution in [0.5, 0.6) is 5.75 Å². The normalized spacial score (nSPS) is 11.4. The Bertz CT molecular complexity index is 790. The Balaban J connectivity index is 1.92. The van der Waals surface area contributed by atoms with Crippen LogP contribution >= 0.6 is 0 Å². The highest BCUT2D eigenvalue weighted by Gasteiger charge is 2.10. The fourth-order valence-corrected chi connectivity index (χ4v) is 2.37. The molecule has 0 bridgehead atoms. The van der Waals surface area contributed by atoms with Gasteiger partial charge in [-0.1, -0.05) is 19.1 Å². The number of hydrogen-bond donors (Lipinski definition) is 2. The monoisotopic (exact) mass is 369 g/mol. The van der Waals surface area contributed by atoms with E-state index < -0.39 is 0 Å². The number of carbonyl (C=O) groups excluding carboxylic acids is 2. The first-order valence-corrected chi connectivity index (χ1v) is 9.01. The van der Waals surface area contributed by atoms with Crippen LogP contribution in [-0.4, -0.2) is 43.5 Å². The summed E-state index contributed by atoms with van der Waals surface area (Å²) in [6, 6.07) is 14.4. The van der Waals surface area contributed by atoms with Crippen molar-refractivity contribution >= 4 is 23.2 Å². The number of anilines is 2. The molecule has 2 aromatic rings. The van der Waals surface area contributed by atoms with Crippen molar-refractivity contribution in [2.75, 3.05) is 31.3 Å². The standard InChI is InChI=1S/C21H27N3O3/c1-5-15(2)27-19-11-7-9-17(13-19)22-14-20(25)23-18-10-6-8-16(12-18)21(26)24(3)4/h6-13,15,22H,5,14H2,1-4H3,(H,23,25). The zero-order valence-corrected chi connectivity index (χ0v) is 16.3. The summed E-state index contributed by atoms with van der Waals surface area (Å²) in [5.41, 5.74) is 1.92. The van der Waals surface area contributed by atoms with Crippen molar-refractivity contribution in [1.82, 2.24) is 4.90 Å². The van der Waals surface area contributed by atoms with E-state index in [-0.39, 0.29) is 24.5 Å². The minimum absolute atomic E-state index is 0.109. The van der Waals surface area contributed by atoms with Gasteiger partial charge < -0.3 is 20.3 Å². The number of benzene rings is 2. The fraction of sp³-hybridized carbons (Fsp3) is 0.333. The van der Waals surface area contributed by atoms with Gasteiger partial charge in [0.2, 0.25) is 5.91 Å². The molecule has 0 spiro atoms. The molecule has 2 amide bonds. The van der Waals surface area contributed by atoms with Crippen molar-refractivity contribution in [2.45, 2.75) is 26.4 Å². The first-order valence-electron chi connectivity index (χ1n) is 9.01. The van der Waals surface area contributed by atoms with E-state index in [9.17, 15) is 9.59 Å². The average Bonchev–Trinajstić information content (AvgIpc) is 2.66. The lowest BCUT2D eigenvalue weighted by molar-refractivity contribution is -0.114. The van der Waals surface area contributed by atoms with Crippen LogP contribution in [-0.2, 0) is 4.79 Å². The number of rotatable bonds is 8. The average molecular weight is 369 g/mol. The molecule has 0 aliphatic carbocycles. The van der Waals surface area contributed by atoms with Crippen molar-refractivity contribution < 1.29 is 14.3 Å². The minimum Gasteiger partial charge on any atom is -0.491 e. The molecule has 144 valence electrons. The molecule has 2 N–H and O–H groups in total. The van der Waals surface area contributed by atoms with Crippen molar-refractivity contribution in [3.8, 4) is 5.75 Å². The second kappa shape index (κ2) is 9.62. The second-order valence-electron chi connectivity index (χ2n) is 6.55. The van der Waals surface area contributed by atoms with Crippen molar-refractivity contribution in [1.29, 1.82) is 0 Å². The molecule has 0 radical (unpaired) electrons. The first-order chi connectivity index (χ1) is 12.9. The molecule has 0 saturated heterocycles. The lowest BCUT2D eigenvalue weighted by Crippen LogP contribution is -2.23. The van der Waals surface area contributed by atoms with E-state index in [0.717, 1.165) is 17.9 Å². The van der Waals surface area contributed by atoms with Gasteiger partial charge in [-0.25, -0.2) is 0 Å². The predicted molar refractivity (Wildman–Crippen MR) is 108 cm³/mol.